The smallest absolute Gasteiger partial charge is 0.319 e. The third kappa shape index (κ3) is 2.88. The molecule has 1 aliphatic rings. The first-order valence-electron chi connectivity index (χ1n) is 6.11. The molecule has 1 fully saturated rings. The van der Waals surface area contributed by atoms with Gasteiger partial charge in [-0.1, -0.05) is 18.0 Å². The van der Waals surface area contributed by atoms with Gasteiger partial charge in [0, 0.05) is 17.5 Å². The van der Waals surface area contributed by atoms with Gasteiger partial charge in [0.15, 0.2) is 0 Å². The van der Waals surface area contributed by atoms with Gasteiger partial charge in [-0.3, -0.25) is 14.9 Å². The maximum absolute atomic E-state index is 12.1. The van der Waals surface area contributed by atoms with Gasteiger partial charge in [-0.2, -0.15) is 11.8 Å². The number of hydrogen-bond acceptors (Lipinski definition) is 5. The Hall–Kier alpha value is -1.34. The number of hydrogen-bond donors (Lipinski definition) is 1. The zero-order valence-electron chi connectivity index (χ0n) is 10.9. The molecule has 1 aromatic rings. The molecular formula is C12H14ClN3O3S. The molecular weight excluding hydrogens is 302 g/mol. The summed E-state index contributed by atoms with van der Waals surface area (Å²) >= 11 is 7.41. The molecule has 1 N–H and O–H groups in total. The standard InChI is InChI=1S/C12H14ClN3O3S/c1-20-12(4-2-5-12)7-15-11(17)8-3-6-14-10(13)9(8)16(18)19/h3,6H,2,4-5,7H2,1H3,(H,15,17). The zero-order chi connectivity index (χ0) is 14.8. The second-order valence-electron chi connectivity index (χ2n) is 4.68. The van der Waals surface area contributed by atoms with Crippen molar-refractivity contribution in [2.45, 2.75) is 24.0 Å². The summed E-state index contributed by atoms with van der Waals surface area (Å²) in [4.78, 5) is 26.0. The van der Waals surface area contributed by atoms with E-state index in [4.69, 9.17) is 11.6 Å². The first kappa shape index (κ1) is 15.1. The lowest BCUT2D eigenvalue weighted by Crippen LogP contribution is -2.45. The molecule has 0 aromatic carbocycles. The predicted octanol–water partition coefficient (Wildman–Crippen LogP) is 2.66. The van der Waals surface area contributed by atoms with E-state index in [1.165, 1.54) is 12.3 Å². The molecule has 0 spiro atoms. The summed E-state index contributed by atoms with van der Waals surface area (Å²) in [7, 11) is 0. The van der Waals surface area contributed by atoms with E-state index in [9.17, 15) is 14.9 Å². The quantitative estimate of drug-likeness (QED) is 0.513. The highest BCUT2D eigenvalue weighted by Gasteiger charge is 2.37. The minimum atomic E-state index is -0.683. The number of nitrogens with one attached hydrogen (secondary N) is 1. The summed E-state index contributed by atoms with van der Waals surface area (Å²) in [5, 5.41) is 13.5. The molecule has 108 valence electrons. The summed E-state index contributed by atoms with van der Waals surface area (Å²) in [6.45, 7) is 0.504. The van der Waals surface area contributed by atoms with Gasteiger partial charge in [-0.15, -0.1) is 0 Å². The first-order chi connectivity index (χ1) is 9.49. The maximum atomic E-state index is 12.1. The number of thioether (sulfide) groups is 1. The van der Waals surface area contributed by atoms with Gasteiger partial charge in [0.05, 0.1) is 4.92 Å². The second-order valence-corrected chi connectivity index (χ2v) is 6.31. The monoisotopic (exact) mass is 315 g/mol. The molecule has 20 heavy (non-hydrogen) atoms. The van der Waals surface area contributed by atoms with E-state index in [0.717, 1.165) is 19.3 Å². The number of rotatable bonds is 5. The van der Waals surface area contributed by atoms with Crippen LogP contribution in [0.5, 0.6) is 0 Å². The number of pyridine rings is 1. The molecule has 1 aromatic heterocycles. The van der Waals surface area contributed by atoms with Crippen LogP contribution in [0.25, 0.3) is 0 Å². The molecule has 6 nitrogen and oxygen atoms in total. The molecule has 0 unspecified atom stereocenters. The van der Waals surface area contributed by atoms with Crippen LogP contribution < -0.4 is 5.32 Å². The fraction of sp³-hybridized carbons (Fsp3) is 0.500. The Labute approximate surface area is 125 Å². The average Bonchev–Trinajstić information content (AvgIpc) is 2.37. The van der Waals surface area contributed by atoms with Crippen molar-refractivity contribution in [3.8, 4) is 0 Å². The van der Waals surface area contributed by atoms with Crippen molar-refractivity contribution < 1.29 is 9.72 Å². The van der Waals surface area contributed by atoms with Crippen LogP contribution in [0.1, 0.15) is 29.6 Å². The van der Waals surface area contributed by atoms with Crippen LogP contribution in [0.3, 0.4) is 0 Å². The van der Waals surface area contributed by atoms with Crippen molar-refractivity contribution >= 4 is 35.0 Å². The SMILES string of the molecule is CSC1(CNC(=O)c2ccnc(Cl)c2[N+](=O)[O-])CCC1. The van der Waals surface area contributed by atoms with Crippen molar-refractivity contribution in [3.63, 3.8) is 0 Å². The number of nitrogens with zero attached hydrogens (tertiary/aromatic N) is 2. The molecule has 1 amide bonds. The van der Waals surface area contributed by atoms with Gasteiger partial charge in [0.2, 0.25) is 5.15 Å². The van der Waals surface area contributed by atoms with E-state index < -0.39 is 16.5 Å². The number of aromatic nitrogens is 1. The highest BCUT2D eigenvalue weighted by Crippen LogP contribution is 2.42. The summed E-state index contributed by atoms with van der Waals surface area (Å²) in [6, 6.07) is 1.31. The van der Waals surface area contributed by atoms with E-state index in [-0.39, 0.29) is 15.5 Å². The van der Waals surface area contributed by atoms with Gasteiger partial charge in [0.25, 0.3) is 5.91 Å². The fourth-order valence-electron chi connectivity index (χ4n) is 2.15. The minimum Gasteiger partial charge on any atom is -0.350 e. The highest BCUT2D eigenvalue weighted by atomic mass is 35.5. The van der Waals surface area contributed by atoms with Crippen LogP contribution in [0, 0.1) is 10.1 Å². The topological polar surface area (TPSA) is 85.1 Å². The van der Waals surface area contributed by atoms with Crippen LogP contribution in [0.2, 0.25) is 5.15 Å². The zero-order valence-corrected chi connectivity index (χ0v) is 12.5. The van der Waals surface area contributed by atoms with Crippen molar-refractivity contribution in [3.05, 3.63) is 33.1 Å². The highest BCUT2D eigenvalue weighted by molar-refractivity contribution is 8.00. The van der Waals surface area contributed by atoms with Crippen LogP contribution in [-0.2, 0) is 0 Å². The van der Waals surface area contributed by atoms with Crippen LogP contribution in [0.15, 0.2) is 12.3 Å². The van der Waals surface area contributed by atoms with E-state index in [1.807, 2.05) is 6.26 Å². The lowest BCUT2D eigenvalue weighted by atomic mass is 9.84. The van der Waals surface area contributed by atoms with Gasteiger partial charge < -0.3 is 5.32 Å². The van der Waals surface area contributed by atoms with Crippen LogP contribution in [0.4, 0.5) is 5.69 Å². The summed E-state index contributed by atoms with van der Waals surface area (Å²) in [5.74, 6) is -0.485. The molecule has 0 radical (unpaired) electrons. The lowest BCUT2D eigenvalue weighted by molar-refractivity contribution is -0.385. The largest absolute Gasteiger partial charge is 0.350 e. The third-order valence-corrected chi connectivity index (χ3v) is 5.27. The van der Waals surface area contributed by atoms with Crippen molar-refractivity contribution in [1.82, 2.24) is 10.3 Å². The summed E-state index contributed by atoms with van der Waals surface area (Å²) in [6.07, 6.45) is 6.55. The molecule has 0 aliphatic heterocycles. The lowest BCUT2D eigenvalue weighted by Gasteiger charge is -2.40. The molecule has 1 aliphatic carbocycles. The van der Waals surface area contributed by atoms with E-state index in [1.54, 1.807) is 11.8 Å². The molecule has 1 saturated carbocycles. The Morgan fingerprint density at radius 1 is 1.65 bits per heavy atom. The molecule has 0 atom stereocenters. The van der Waals surface area contributed by atoms with Crippen LogP contribution in [-0.4, -0.2) is 33.4 Å². The molecule has 2 rings (SSSR count). The van der Waals surface area contributed by atoms with Gasteiger partial charge >= 0.3 is 5.69 Å². The Kier molecular flexibility index (Phi) is 4.49. The first-order valence-corrected chi connectivity index (χ1v) is 7.71. The molecule has 0 bridgehead atoms. The molecule has 8 heteroatoms. The minimum absolute atomic E-state index is 0.0504. The number of halogens is 1. The van der Waals surface area contributed by atoms with Gasteiger partial charge in [0.1, 0.15) is 5.56 Å². The summed E-state index contributed by atoms with van der Waals surface area (Å²) < 4.78 is 0.0707. The maximum Gasteiger partial charge on any atom is 0.319 e. The Morgan fingerprint density at radius 2 is 2.35 bits per heavy atom. The summed E-state index contributed by atoms with van der Waals surface area (Å²) in [5.41, 5.74) is -0.496. The Balaban J connectivity index is 2.13. The van der Waals surface area contributed by atoms with E-state index >= 15 is 0 Å². The number of nitro groups is 1. The second kappa shape index (κ2) is 5.97. The van der Waals surface area contributed by atoms with Crippen LogP contribution >= 0.6 is 23.4 Å². The van der Waals surface area contributed by atoms with Crippen molar-refractivity contribution in [2.75, 3.05) is 12.8 Å². The van der Waals surface area contributed by atoms with Gasteiger partial charge in [-0.25, -0.2) is 4.98 Å². The fourth-order valence-corrected chi connectivity index (χ4v) is 3.29. The number of amides is 1. The predicted molar refractivity (Wildman–Crippen MR) is 78.3 cm³/mol. The Morgan fingerprint density at radius 3 is 2.85 bits per heavy atom. The molecule has 0 saturated heterocycles. The number of carbonyl (C=O) groups excluding carboxylic acids is 1. The Bertz CT molecular complexity index is 543. The van der Waals surface area contributed by atoms with Crippen molar-refractivity contribution in [2.24, 2.45) is 0 Å². The average molecular weight is 316 g/mol. The molecule has 1 heterocycles. The van der Waals surface area contributed by atoms with Crippen molar-refractivity contribution in [1.29, 1.82) is 0 Å². The van der Waals surface area contributed by atoms with Gasteiger partial charge in [-0.05, 0) is 25.2 Å². The normalized spacial score (nSPS) is 16.3. The third-order valence-electron chi connectivity index (χ3n) is 3.58. The van der Waals surface area contributed by atoms with E-state index in [2.05, 4.69) is 10.3 Å². The number of carbonyl (C=O) groups is 1. The van der Waals surface area contributed by atoms with E-state index in [0.29, 0.717) is 6.54 Å².